The van der Waals surface area contributed by atoms with Crippen LogP contribution in [0.2, 0.25) is 0 Å². The molecule has 5 rings (SSSR count). The highest BCUT2D eigenvalue weighted by molar-refractivity contribution is 6.05. The molecule has 8 heteroatoms. The van der Waals surface area contributed by atoms with E-state index in [-0.39, 0.29) is 29.7 Å². The third kappa shape index (κ3) is 4.00. The highest BCUT2D eigenvalue weighted by atomic mass is 16.5. The van der Waals surface area contributed by atoms with Gasteiger partial charge in [-0.05, 0) is 43.2 Å². The Bertz CT molecular complexity index is 886. The van der Waals surface area contributed by atoms with Crippen LogP contribution in [0.25, 0.3) is 0 Å². The van der Waals surface area contributed by atoms with Gasteiger partial charge in [-0.2, -0.15) is 0 Å². The molecule has 1 aromatic rings. The summed E-state index contributed by atoms with van der Waals surface area (Å²) in [7, 11) is 0. The largest absolute Gasteiger partial charge is 0.372 e. The zero-order valence-corrected chi connectivity index (χ0v) is 17.7. The summed E-state index contributed by atoms with van der Waals surface area (Å²) in [5, 5.41) is 9.46. The van der Waals surface area contributed by atoms with Gasteiger partial charge in [0.15, 0.2) is 0 Å². The molecule has 1 unspecified atom stereocenters. The molecule has 1 saturated carbocycles. The van der Waals surface area contributed by atoms with Crippen LogP contribution in [0.3, 0.4) is 0 Å². The first kappa shape index (κ1) is 20.6. The van der Waals surface area contributed by atoms with Gasteiger partial charge in [-0.15, -0.1) is 0 Å². The summed E-state index contributed by atoms with van der Waals surface area (Å²) in [5.41, 5.74) is 2.65. The van der Waals surface area contributed by atoms with Crippen molar-refractivity contribution in [1.82, 2.24) is 20.9 Å². The van der Waals surface area contributed by atoms with Crippen molar-refractivity contribution in [2.24, 2.45) is 0 Å². The minimum Gasteiger partial charge on any atom is -0.372 e. The maximum atomic E-state index is 13.2. The molecule has 1 aromatic carbocycles. The Hall–Kier alpha value is -2.29. The number of rotatable bonds is 4. The number of hydrogen-bond acceptors (Lipinski definition) is 6. The summed E-state index contributed by atoms with van der Waals surface area (Å²) < 4.78 is 6.08. The Morgan fingerprint density at radius 1 is 1.16 bits per heavy atom. The highest BCUT2D eigenvalue weighted by Crippen LogP contribution is 2.33. The van der Waals surface area contributed by atoms with Crippen molar-refractivity contribution in [2.75, 3.05) is 19.7 Å². The standard InChI is InChI=1S/C23H30N4O4/c28-19-5-4-18(21(29)26-19)27-13-16-3-1-2-15(20(16)22(27)30)12-25-17-6-8-23(9-7-17)14-24-10-11-31-23/h1-3,17-18,24-25H,4-14H2,(H,26,28,29). The van der Waals surface area contributed by atoms with E-state index in [1.165, 1.54) is 0 Å². The van der Waals surface area contributed by atoms with E-state index in [0.717, 1.165) is 56.5 Å². The minimum atomic E-state index is -0.572. The van der Waals surface area contributed by atoms with Crippen molar-refractivity contribution in [3.63, 3.8) is 0 Å². The number of imide groups is 1. The SMILES string of the molecule is O=C1CCC(N2Cc3cccc(CNC4CCC5(CC4)CNCCO5)c3C2=O)C(=O)N1. The fourth-order valence-electron chi connectivity index (χ4n) is 5.47. The fourth-order valence-corrected chi connectivity index (χ4v) is 5.47. The lowest BCUT2D eigenvalue weighted by atomic mass is 9.81. The van der Waals surface area contributed by atoms with Crippen LogP contribution in [0.1, 0.15) is 60.0 Å². The monoisotopic (exact) mass is 426 g/mol. The number of nitrogens with zero attached hydrogens (tertiary/aromatic N) is 1. The predicted molar refractivity (Wildman–Crippen MR) is 113 cm³/mol. The number of fused-ring (bicyclic) bond motifs is 1. The Labute approximate surface area is 182 Å². The van der Waals surface area contributed by atoms with E-state index in [2.05, 4.69) is 16.0 Å². The Morgan fingerprint density at radius 3 is 2.74 bits per heavy atom. The number of carbonyl (C=O) groups is 3. The van der Waals surface area contributed by atoms with E-state index in [4.69, 9.17) is 4.74 Å². The molecule has 3 fully saturated rings. The minimum absolute atomic E-state index is 0.00282. The smallest absolute Gasteiger partial charge is 0.255 e. The van der Waals surface area contributed by atoms with Crippen LogP contribution in [0, 0.1) is 0 Å². The molecule has 166 valence electrons. The Morgan fingerprint density at radius 2 is 2.00 bits per heavy atom. The molecule has 4 aliphatic rings. The molecule has 0 radical (unpaired) electrons. The van der Waals surface area contributed by atoms with E-state index in [1.54, 1.807) is 4.90 Å². The number of benzene rings is 1. The van der Waals surface area contributed by atoms with Gasteiger partial charge < -0.3 is 20.3 Å². The number of hydrogen-bond donors (Lipinski definition) is 3. The van der Waals surface area contributed by atoms with Crippen molar-refractivity contribution in [1.29, 1.82) is 0 Å². The number of morpholine rings is 1. The number of ether oxygens (including phenoxy) is 1. The first-order chi connectivity index (χ1) is 15.0. The molecule has 0 aromatic heterocycles. The topological polar surface area (TPSA) is 99.8 Å². The molecular formula is C23H30N4O4. The van der Waals surface area contributed by atoms with Gasteiger partial charge in [0.2, 0.25) is 11.8 Å². The van der Waals surface area contributed by atoms with Gasteiger partial charge in [-0.25, -0.2) is 0 Å². The zero-order valence-electron chi connectivity index (χ0n) is 17.7. The molecule has 0 bridgehead atoms. The van der Waals surface area contributed by atoms with Crippen LogP contribution in [0.5, 0.6) is 0 Å². The van der Waals surface area contributed by atoms with Crippen LogP contribution in [-0.4, -0.2) is 60.0 Å². The lowest BCUT2D eigenvalue weighted by molar-refractivity contribution is -0.136. The second-order valence-electron chi connectivity index (χ2n) is 9.21. The molecule has 1 aliphatic carbocycles. The Balaban J connectivity index is 1.22. The maximum absolute atomic E-state index is 13.2. The molecule has 3 N–H and O–H groups in total. The van der Waals surface area contributed by atoms with Crippen molar-refractivity contribution in [2.45, 2.75) is 69.3 Å². The normalized spacial score (nSPS) is 31.1. The molecule has 3 amide bonds. The molecule has 2 saturated heterocycles. The van der Waals surface area contributed by atoms with Gasteiger partial charge in [0.05, 0.1) is 12.2 Å². The van der Waals surface area contributed by atoms with Crippen LogP contribution >= 0.6 is 0 Å². The maximum Gasteiger partial charge on any atom is 0.255 e. The highest BCUT2D eigenvalue weighted by Gasteiger charge is 2.40. The van der Waals surface area contributed by atoms with E-state index < -0.39 is 6.04 Å². The molecular weight excluding hydrogens is 396 g/mol. The number of carbonyl (C=O) groups excluding carboxylic acids is 3. The number of amides is 3. The molecule has 3 aliphatic heterocycles. The van der Waals surface area contributed by atoms with E-state index in [1.807, 2.05) is 18.2 Å². The van der Waals surface area contributed by atoms with Crippen LogP contribution in [0.4, 0.5) is 0 Å². The second-order valence-corrected chi connectivity index (χ2v) is 9.21. The summed E-state index contributed by atoms with van der Waals surface area (Å²) >= 11 is 0. The second kappa shape index (κ2) is 8.33. The Kier molecular flexibility index (Phi) is 5.54. The summed E-state index contributed by atoms with van der Waals surface area (Å²) in [6.07, 6.45) is 4.88. The molecule has 31 heavy (non-hydrogen) atoms. The molecule has 1 atom stereocenters. The van der Waals surface area contributed by atoms with Gasteiger partial charge in [0.1, 0.15) is 6.04 Å². The fraction of sp³-hybridized carbons (Fsp3) is 0.609. The molecule has 8 nitrogen and oxygen atoms in total. The average molecular weight is 427 g/mol. The lowest BCUT2D eigenvalue weighted by Gasteiger charge is -2.43. The van der Waals surface area contributed by atoms with Gasteiger partial charge in [0.25, 0.3) is 5.91 Å². The number of nitrogens with one attached hydrogen (secondary N) is 3. The van der Waals surface area contributed by atoms with E-state index >= 15 is 0 Å². The van der Waals surface area contributed by atoms with Crippen molar-refractivity contribution >= 4 is 17.7 Å². The third-order valence-electron chi connectivity index (χ3n) is 7.25. The summed E-state index contributed by atoms with van der Waals surface area (Å²) in [6, 6.07) is 5.78. The van der Waals surface area contributed by atoms with E-state index in [9.17, 15) is 14.4 Å². The third-order valence-corrected chi connectivity index (χ3v) is 7.25. The predicted octanol–water partition coefficient (Wildman–Crippen LogP) is 0.838. The van der Waals surface area contributed by atoms with Gasteiger partial charge in [-0.1, -0.05) is 18.2 Å². The van der Waals surface area contributed by atoms with E-state index in [0.29, 0.717) is 31.1 Å². The average Bonchev–Trinajstić information content (AvgIpc) is 3.11. The zero-order chi connectivity index (χ0) is 21.4. The van der Waals surface area contributed by atoms with Crippen LogP contribution in [-0.2, 0) is 27.4 Å². The summed E-state index contributed by atoms with van der Waals surface area (Å²) in [4.78, 5) is 38.6. The summed E-state index contributed by atoms with van der Waals surface area (Å²) in [6.45, 7) is 3.72. The first-order valence-corrected chi connectivity index (χ1v) is 11.4. The van der Waals surface area contributed by atoms with Gasteiger partial charge in [-0.3, -0.25) is 19.7 Å². The lowest BCUT2D eigenvalue weighted by Crippen LogP contribution is -2.53. The van der Waals surface area contributed by atoms with Crippen molar-refractivity contribution in [3.05, 3.63) is 34.9 Å². The molecule has 3 heterocycles. The first-order valence-electron chi connectivity index (χ1n) is 11.4. The van der Waals surface area contributed by atoms with Gasteiger partial charge in [0, 0.05) is 44.2 Å². The number of piperidine rings is 1. The summed E-state index contributed by atoms with van der Waals surface area (Å²) in [5.74, 6) is -0.738. The van der Waals surface area contributed by atoms with Crippen LogP contribution in [0.15, 0.2) is 18.2 Å². The van der Waals surface area contributed by atoms with Gasteiger partial charge >= 0.3 is 0 Å². The van der Waals surface area contributed by atoms with Crippen LogP contribution < -0.4 is 16.0 Å². The van der Waals surface area contributed by atoms with Crippen molar-refractivity contribution in [3.8, 4) is 0 Å². The van der Waals surface area contributed by atoms with Crippen molar-refractivity contribution < 1.29 is 19.1 Å². The molecule has 1 spiro atoms. The quantitative estimate of drug-likeness (QED) is 0.617.